The first kappa shape index (κ1) is 12.6. The summed E-state index contributed by atoms with van der Waals surface area (Å²) in [5, 5.41) is 8.68. The Morgan fingerprint density at radius 1 is 1.38 bits per heavy atom. The number of carbonyl (C=O) groups is 1. The molecular weight excluding hydrogens is 166 g/mol. The van der Waals surface area contributed by atoms with Gasteiger partial charge in [0, 0.05) is 32.2 Å². The van der Waals surface area contributed by atoms with E-state index in [0.717, 1.165) is 19.5 Å². The SMILES string of the molecule is CC(=O)CCN(CCCO)C(C)C. The van der Waals surface area contributed by atoms with Crippen molar-refractivity contribution in [2.75, 3.05) is 19.7 Å². The summed E-state index contributed by atoms with van der Waals surface area (Å²) in [7, 11) is 0. The number of carbonyl (C=O) groups excluding carboxylic acids is 1. The molecule has 0 aliphatic heterocycles. The van der Waals surface area contributed by atoms with Gasteiger partial charge in [-0.05, 0) is 27.2 Å². The van der Waals surface area contributed by atoms with Gasteiger partial charge in [-0.15, -0.1) is 0 Å². The number of ketones is 1. The van der Waals surface area contributed by atoms with Gasteiger partial charge in [-0.3, -0.25) is 4.79 Å². The van der Waals surface area contributed by atoms with Crippen molar-refractivity contribution in [3.63, 3.8) is 0 Å². The Bertz CT molecular complexity index is 146. The van der Waals surface area contributed by atoms with Gasteiger partial charge in [0.2, 0.25) is 0 Å². The van der Waals surface area contributed by atoms with Gasteiger partial charge in [-0.25, -0.2) is 0 Å². The Morgan fingerprint density at radius 2 is 2.00 bits per heavy atom. The van der Waals surface area contributed by atoms with Crippen LogP contribution in [0.3, 0.4) is 0 Å². The fourth-order valence-electron chi connectivity index (χ4n) is 1.20. The van der Waals surface area contributed by atoms with Crippen molar-refractivity contribution in [2.45, 2.75) is 39.7 Å². The van der Waals surface area contributed by atoms with Gasteiger partial charge in [0.1, 0.15) is 5.78 Å². The van der Waals surface area contributed by atoms with E-state index in [1.165, 1.54) is 0 Å². The predicted molar refractivity (Wildman–Crippen MR) is 53.7 cm³/mol. The minimum absolute atomic E-state index is 0.225. The molecule has 3 heteroatoms. The second kappa shape index (κ2) is 7.04. The molecule has 0 radical (unpaired) electrons. The van der Waals surface area contributed by atoms with Gasteiger partial charge in [0.25, 0.3) is 0 Å². The van der Waals surface area contributed by atoms with Gasteiger partial charge in [0.15, 0.2) is 0 Å². The van der Waals surface area contributed by atoms with Crippen LogP contribution in [0.1, 0.15) is 33.6 Å². The Morgan fingerprint density at radius 3 is 2.38 bits per heavy atom. The van der Waals surface area contributed by atoms with Crippen molar-refractivity contribution in [3.8, 4) is 0 Å². The third-order valence-corrected chi connectivity index (χ3v) is 2.08. The van der Waals surface area contributed by atoms with Crippen LogP contribution in [-0.4, -0.2) is 41.5 Å². The van der Waals surface area contributed by atoms with E-state index in [4.69, 9.17) is 5.11 Å². The van der Waals surface area contributed by atoms with Crippen molar-refractivity contribution in [1.82, 2.24) is 4.90 Å². The molecule has 0 aromatic heterocycles. The molecule has 78 valence electrons. The summed E-state index contributed by atoms with van der Waals surface area (Å²) in [5.74, 6) is 0.231. The van der Waals surface area contributed by atoms with E-state index in [1.54, 1.807) is 6.92 Å². The van der Waals surface area contributed by atoms with E-state index >= 15 is 0 Å². The highest BCUT2D eigenvalue weighted by Gasteiger charge is 2.08. The summed E-state index contributed by atoms with van der Waals surface area (Å²) in [6.45, 7) is 7.75. The zero-order valence-corrected chi connectivity index (χ0v) is 8.92. The first-order valence-corrected chi connectivity index (χ1v) is 4.92. The molecule has 3 nitrogen and oxygen atoms in total. The summed E-state index contributed by atoms with van der Waals surface area (Å²) in [6, 6.07) is 0.450. The van der Waals surface area contributed by atoms with Crippen LogP contribution in [0, 0.1) is 0 Å². The summed E-state index contributed by atoms with van der Waals surface area (Å²) in [5.41, 5.74) is 0. The van der Waals surface area contributed by atoms with Crippen LogP contribution in [0.25, 0.3) is 0 Å². The van der Waals surface area contributed by atoms with E-state index in [2.05, 4.69) is 18.7 Å². The Hall–Kier alpha value is -0.410. The largest absolute Gasteiger partial charge is 0.396 e. The third kappa shape index (κ3) is 6.72. The van der Waals surface area contributed by atoms with Crippen molar-refractivity contribution in [1.29, 1.82) is 0 Å². The number of aliphatic hydroxyl groups is 1. The molecule has 0 aromatic rings. The van der Waals surface area contributed by atoms with Gasteiger partial charge in [-0.2, -0.15) is 0 Å². The zero-order valence-electron chi connectivity index (χ0n) is 8.92. The monoisotopic (exact) mass is 187 g/mol. The maximum atomic E-state index is 10.8. The first-order chi connectivity index (χ1) is 6.07. The van der Waals surface area contributed by atoms with Crippen LogP contribution in [0.15, 0.2) is 0 Å². The number of hydrogen-bond acceptors (Lipinski definition) is 3. The number of nitrogens with zero attached hydrogens (tertiary/aromatic N) is 1. The molecule has 0 aliphatic carbocycles. The Kier molecular flexibility index (Phi) is 6.82. The van der Waals surface area contributed by atoms with E-state index in [-0.39, 0.29) is 12.4 Å². The lowest BCUT2D eigenvalue weighted by molar-refractivity contribution is -0.117. The van der Waals surface area contributed by atoms with Crippen LogP contribution >= 0.6 is 0 Å². The van der Waals surface area contributed by atoms with Gasteiger partial charge in [0.05, 0.1) is 0 Å². The second-order valence-electron chi connectivity index (χ2n) is 3.66. The van der Waals surface area contributed by atoms with Crippen LogP contribution in [0.4, 0.5) is 0 Å². The Balaban J connectivity index is 3.73. The molecule has 0 saturated heterocycles. The van der Waals surface area contributed by atoms with Crippen molar-refractivity contribution in [2.24, 2.45) is 0 Å². The van der Waals surface area contributed by atoms with E-state index < -0.39 is 0 Å². The molecule has 0 spiro atoms. The molecular formula is C10H21NO2. The van der Waals surface area contributed by atoms with Crippen LogP contribution in [0.5, 0.6) is 0 Å². The average molecular weight is 187 g/mol. The van der Waals surface area contributed by atoms with Crippen LogP contribution < -0.4 is 0 Å². The summed E-state index contributed by atoms with van der Waals surface area (Å²) < 4.78 is 0. The lowest BCUT2D eigenvalue weighted by atomic mass is 10.2. The van der Waals surface area contributed by atoms with Crippen molar-refractivity contribution >= 4 is 5.78 Å². The summed E-state index contributed by atoms with van der Waals surface area (Å²) in [4.78, 5) is 13.0. The Labute approximate surface area is 80.7 Å². The third-order valence-electron chi connectivity index (χ3n) is 2.08. The predicted octanol–water partition coefficient (Wildman–Crippen LogP) is 1.06. The number of Topliss-reactive ketones (excluding diaryl/α,β-unsaturated/α-hetero) is 1. The van der Waals surface area contributed by atoms with Gasteiger partial charge >= 0.3 is 0 Å². The second-order valence-corrected chi connectivity index (χ2v) is 3.66. The van der Waals surface area contributed by atoms with Crippen LogP contribution in [-0.2, 0) is 4.79 Å². The maximum Gasteiger partial charge on any atom is 0.131 e. The molecule has 0 aromatic carbocycles. The highest BCUT2D eigenvalue weighted by atomic mass is 16.3. The van der Waals surface area contributed by atoms with E-state index in [0.29, 0.717) is 12.5 Å². The normalized spacial score (nSPS) is 11.2. The first-order valence-electron chi connectivity index (χ1n) is 4.92. The minimum atomic E-state index is 0.225. The number of hydrogen-bond donors (Lipinski definition) is 1. The summed E-state index contributed by atoms with van der Waals surface area (Å²) >= 11 is 0. The molecule has 0 atom stereocenters. The fourth-order valence-corrected chi connectivity index (χ4v) is 1.20. The lowest BCUT2D eigenvalue weighted by Gasteiger charge is -2.25. The molecule has 0 bridgehead atoms. The van der Waals surface area contributed by atoms with Gasteiger partial charge in [-0.1, -0.05) is 0 Å². The van der Waals surface area contributed by atoms with E-state index in [9.17, 15) is 4.79 Å². The minimum Gasteiger partial charge on any atom is -0.396 e. The standard InChI is InChI=1S/C10H21NO2/c1-9(2)11(6-4-8-12)7-5-10(3)13/h9,12H,4-8H2,1-3H3. The molecule has 0 aliphatic rings. The topological polar surface area (TPSA) is 40.5 Å². The average Bonchev–Trinajstić information content (AvgIpc) is 2.03. The fraction of sp³-hybridized carbons (Fsp3) is 0.900. The summed E-state index contributed by atoms with van der Waals surface area (Å²) in [6.07, 6.45) is 1.40. The molecule has 0 rings (SSSR count). The molecule has 0 amide bonds. The smallest absolute Gasteiger partial charge is 0.131 e. The molecule has 0 heterocycles. The highest BCUT2D eigenvalue weighted by Crippen LogP contribution is 2.01. The van der Waals surface area contributed by atoms with Crippen molar-refractivity contribution < 1.29 is 9.90 Å². The molecule has 0 unspecified atom stereocenters. The lowest BCUT2D eigenvalue weighted by Crippen LogP contribution is -2.33. The maximum absolute atomic E-state index is 10.8. The van der Waals surface area contributed by atoms with Crippen LogP contribution in [0.2, 0.25) is 0 Å². The molecule has 1 N–H and O–H groups in total. The zero-order chi connectivity index (χ0) is 10.3. The van der Waals surface area contributed by atoms with Crippen molar-refractivity contribution in [3.05, 3.63) is 0 Å². The molecule has 13 heavy (non-hydrogen) atoms. The number of rotatable bonds is 7. The van der Waals surface area contributed by atoms with E-state index in [1.807, 2.05) is 0 Å². The highest BCUT2D eigenvalue weighted by molar-refractivity contribution is 5.75. The molecule has 0 fully saturated rings. The molecule has 0 saturated carbocycles. The number of aliphatic hydroxyl groups excluding tert-OH is 1. The quantitative estimate of drug-likeness (QED) is 0.648. The van der Waals surface area contributed by atoms with Gasteiger partial charge < -0.3 is 10.0 Å².